The van der Waals surface area contributed by atoms with Crippen molar-refractivity contribution in [2.75, 3.05) is 0 Å². The Balaban J connectivity index is 2.29. The molecule has 2 atom stereocenters. The maximum atomic E-state index is 10.4. The molecule has 0 bridgehead atoms. The van der Waals surface area contributed by atoms with Crippen LogP contribution in [0.4, 0.5) is 0 Å². The standard InChI is InChI=1S/C14H24O/c1-3-4-5-7-10-13(2)14(15)11-8-6-9-12-14/h6,8-9,11,13,15H,3-5,7,10,12H2,1-2H3. The van der Waals surface area contributed by atoms with Gasteiger partial charge in [-0.25, -0.2) is 0 Å². The lowest BCUT2D eigenvalue weighted by Crippen LogP contribution is -2.34. The molecule has 15 heavy (non-hydrogen) atoms. The van der Waals surface area contributed by atoms with E-state index in [-0.39, 0.29) is 0 Å². The monoisotopic (exact) mass is 208 g/mol. The van der Waals surface area contributed by atoms with Gasteiger partial charge < -0.3 is 5.11 Å². The molecule has 0 spiro atoms. The Bertz CT molecular complexity index is 229. The zero-order valence-corrected chi connectivity index (χ0v) is 10.1. The van der Waals surface area contributed by atoms with Crippen LogP contribution in [0.2, 0.25) is 0 Å². The molecule has 0 fully saturated rings. The minimum atomic E-state index is -0.582. The van der Waals surface area contributed by atoms with Gasteiger partial charge in [-0.2, -0.15) is 0 Å². The average Bonchev–Trinajstić information content (AvgIpc) is 2.25. The number of hydrogen-bond donors (Lipinski definition) is 1. The van der Waals surface area contributed by atoms with Gasteiger partial charge in [0.15, 0.2) is 0 Å². The summed E-state index contributed by atoms with van der Waals surface area (Å²) in [7, 11) is 0. The second-order valence-electron chi connectivity index (χ2n) is 4.73. The zero-order valence-electron chi connectivity index (χ0n) is 10.1. The van der Waals surface area contributed by atoms with Crippen LogP contribution < -0.4 is 0 Å². The Kier molecular flexibility index (Phi) is 5.10. The fraction of sp³-hybridized carbons (Fsp3) is 0.714. The van der Waals surface area contributed by atoms with Crippen molar-refractivity contribution in [3.63, 3.8) is 0 Å². The molecule has 0 saturated carbocycles. The zero-order chi connectivity index (χ0) is 11.1. The molecule has 0 aliphatic heterocycles. The summed E-state index contributed by atoms with van der Waals surface area (Å²) < 4.78 is 0. The molecule has 1 nitrogen and oxygen atoms in total. The fourth-order valence-corrected chi connectivity index (χ4v) is 2.12. The highest BCUT2D eigenvalue weighted by Crippen LogP contribution is 2.30. The molecule has 86 valence electrons. The molecule has 1 N–H and O–H groups in total. The van der Waals surface area contributed by atoms with E-state index < -0.39 is 5.60 Å². The average molecular weight is 208 g/mol. The van der Waals surface area contributed by atoms with E-state index in [1.54, 1.807) is 0 Å². The molecule has 0 aromatic carbocycles. The molecule has 0 heterocycles. The maximum Gasteiger partial charge on any atom is 0.0890 e. The van der Waals surface area contributed by atoms with Crippen LogP contribution in [0, 0.1) is 5.92 Å². The van der Waals surface area contributed by atoms with Crippen LogP contribution in [-0.2, 0) is 0 Å². The first-order valence-electron chi connectivity index (χ1n) is 6.26. The van der Waals surface area contributed by atoms with Gasteiger partial charge in [0.2, 0.25) is 0 Å². The van der Waals surface area contributed by atoms with Crippen molar-refractivity contribution in [1.29, 1.82) is 0 Å². The lowest BCUT2D eigenvalue weighted by molar-refractivity contribution is 0.0325. The lowest BCUT2D eigenvalue weighted by Gasteiger charge is -2.32. The van der Waals surface area contributed by atoms with Crippen LogP contribution in [-0.4, -0.2) is 10.7 Å². The summed E-state index contributed by atoms with van der Waals surface area (Å²) in [6.07, 6.45) is 15.0. The smallest absolute Gasteiger partial charge is 0.0890 e. The third-order valence-corrected chi connectivity index (χ3v) is 3.42. The molecule has 0 amide bonds. The second kappa shape index (κ2) is 6.12. The van der Waals surface area contributed by atoms with Gasteiger partial charge in [0.25, 0.3) is 0 Å². The van der Waals surface area contributed by atoms with Crippen molar-refractivity contribution >= 4 is 0 Å². The van der Waals surface area contributed by atoms with Gasteiger partial charge in [0.05, 0.1) is 5.60 Å². The van der Waals surface area contributed by atoms with Crippen LogP contribution in [0.3, 0.4) is 0 Å². The normalized spacial score (nSPS) is 26.9. The molecule has 0 radical (unpaired) electrons. The number of aliphatic hydroxyl groups is 1. The van der Waals surface area contributed by atoms with E-state index in [9.17, 15) is 5.11 Å². The Morgan fingerprint density at radius 2 is 2.07 bits per heavy atom. The van der Waals surface area contributed by atoms with E-state index in [2.05, 4.69) is 19.9 Å². The Morgan fingerprint density at radius 1 is 1.27 bits per heavy atom. The molecule has 1 heteroatoms. The van der Waals surface area contributed by atoms with Gasteiger partial charge in [-0.3, -0.25) is 0 Å². The van der Waals surface area contributed by atoms with Gasteiger partial charge in [-0.1, -0.05) is 63.8 Å². The van der Waals surface area contributed by atoms with Crippen LogP contribution >= 0.6 is 0 Å². The summed E-state index contributed by atoms with van der Waals surface area (Å²) >= 11 is 0. The highest BCUT2D eigenvalue weighted by atomic mass is 16.3. The number of unbranched alkanes of at least 4 members (excludes halogenated alkanes) is 3. The van der Waals surface area contributed by atoms with Crippen LogP contribution in [0.1, 0.15) is 52.4 Å². The van der Waals surface area contributed by atoms with Crippen molar-refractivity contribution in [2.24, 2.45) is 5.92 Å². The van der Waals surface area contributed by atoms with Gasteiger partial charge in [-0.05, 0) is 18.8 Å². The SMILES string of the molecule is CCCCCCC(C)C1(O)C=CC=CC1. The van der Waals surface area contributed by atoms with Crippen molar-refractivity contribution < 1.29 is 5.11 Å². The molecule has 1 rings (SSSR count). The summed E-state index contributed by atoms with van der Waals surface area (Å²) in [6.45, 7) is 4.39. The third-order valence-electron chi connectivity index (χ3n) is 3.42. The first-order valence-corrected chi connectivity index (χ1v) is 6.26. The topological polar surface area (TPSA) is 20.2 Å². The highest BCUT2D eigenvalue weighted by Gasteiger charge is 2.29. The molecular weight excluding hydrogens is 184 g/mol. The van der Waals surface area contributed by atoms with Crippen LogP contribution in [0.15, 0.2) is 24.3 Å². The molecule has 1 aliphatic rings. The van der Waals surface area contributed by atoms with E-state index in [1.807, 2.05) is 18.2 Å². The van der Waals surface area contributed by atoms with E-state index in [1.165, 1.54) is 25.7 Å². The number of hydrogen-bond acceptors (Lipinski definition) is 1. The summed E-state index contributed by atoms with van der Waals surface area (Å²) in [4.78, 5) is 0. The summed E-state index contributed by atoms with van der Waals surface area (Å²) in [6, 6.07) is 0. The fourth-order valence-electron chi connectivity index (χ4n) is 2.12. The first-order chi connectivity index (χ1) is 7.19. The highest BCUT2D eigenvalue weighted by molar-refractivity contribution is 5.18. The van der Waals surface area contributed by atoms with Gasteiger partial charge in [0, 0.05) is 0 Å². The Labute approximate surface area is 93.9 Å². The quantitative estimate of drug-likeness (QED) is 0.657. The predicted octanol–water partition coefficient (Wildman–Crippen LogP) is 3.84. The Hall–Kier alpha value is -0.560. The minimum absolute atomic E-state index is 0.371. The number of rotatable bonds is 6. The largest absolute Gasteiger partial charge is 0.385 e. The molecular formula is C14H24O. The summed E-state index contributed by atoms with van der Waals surface area (Å²) in [5.74, 6) is 0.371. The summed E-state index contributed by atoms with van der Waals surface area (Å²) in [5, 5.41) is 10.4. The first kappa shape index (κ1) is 12.5. The van der Waals surface area contributed by atoms with E-state index in [0.29, 0.717) is 5.92 Å². The third kappa shape index (κ3) is 3.83. The van der Waals surface area contributed by atoms with Gasteiger partial charge in [0.1, 0.15) is 0 Å². The maximum absolute atomic E-state index is 10.4. The number of allylic oxidation sites excluding steroid dienone is 2. The van der Waals surface area contributed by atoms with Crippen molar-refractivity contribution in [3.8, 4) is 0 Å². The molecule has 2 unspecified atom stereocenters. The molecule has 0 aromatic heterocycles. The van der Waals surface area contributed by atoms with E-state index >= 15 is 0 Å². The van der Waals surface area contributed by atoms with Crippen LogP contribution in [0.25, 0.3) is 0 Å². The molecule has 0 saturated heterocycles. The van der Waals surface area contributed by atoms with Crippen molar-refractivity contribution in [3.05, 3.63) is 24.3 Å². The predicted molar refractivity (Wildman–Crippen MR) is 65.8 cm³/mol. The summed E-state index contributed by atoms with van der Waals surface area (Å²) in [5.41, 5.74) is -0.582. The van der Waals surface area contributed by atoms with Gasteiger partial charge in [-0.15, -0.1) is 0 Å². The second-order valence-corrected chi connectivity index (χ2v) is 4.73. The van der Waals surface area contributed by atoms with E-state index in [4.69, 9.17) is 0 Å². The van der Waals surface area contributed by atoms with Gasteiger partial charge >= 0.3 is 0 Å². The molecule has 1 aliphatic carbocycles. The van der Waals surface area contributed by atoms with Crippen molar-refractivity contribution in [2.45, 2.75) is 58.0 Å². The lowest BCUT2D eigenvalue weighted by atomic mass is 9.80. The van der Waals surface area contributed by atoms with E-state index in [0.717, 1.165) is 12.8 Å². The Morgan fingerprint density at radius 3 is 2.67 bits per heavy atom. The van der Waals surface area contributed by atoms with Crippen molar-refractivity contribution in [1.82, 2.24) is 0 Å². The molecule has 0 aromatic rings. The minimum Gasteiger partial charge on any atom is -0.385 e. The van der Waals surface area contributed by atoms with Crippen LogP contribution in [0.5, 0.6) is 0 Å².